The molecule has 164 valence electrons. The molecular weight excluding hydrogens is 437 g/mol. The third-order valence-corrected chi connectivity index (χ3v) is 5.43. The first kappa shape index (κ1) is 21.4. The second-order valence-electron chi connectivity index (χ2n) is 6.58. The number of carbonyl (C=O) groups excluding carboxylic acids is 1. The van der Waals surface area contributed by atoms with Gasteiger partial charge in [0.15, 0.2) is 11.5 Å². The molecule has 0 fully saturated rings. The summed E-state index contributed by atoms with van der Waals surface area (Å²) in [6, 6.07) is 12.5. The second kappa shape index (κ2) is 9.10. The number of rotatable bonds is 7. The topological polar surface area (TPSA) is 111 Å². The molecule has 4 rings (SSSR count). The van der Waals surface area contributed by atoms with Gasteiger partial charge >= 0.3 is 0 Å². The molecule has 2 N–H and O–H groups in total. The largest absolute Gasteiger partial charge is 0.493 e. The van der Waals surface area contributed by atoms with Crippen LogP contribution >= 0.6 is 11.8 Å². The van der Waals surface area contributed by atoms with Crippen LogP contribution in [-0.2, 0) is 4.79 Å². The van der Waals surface area contributed by atoms with E-state index in [0.717, 1.165) is 11.8 Å². The number of fused-ring (bicyclic) bond motifs is 1. The molecule has 2 aromatic heterocycles. The van der Waals surface area contributed by atoms with Crippen LogP contribution in [0, 0.1) is 5.82 Å². The van der Waals surface area contributed by atoms with Crippen LogP contribution in [0.25, 0.3) is 16.8 Å². The first-order chi connectivity index (χ1) is 15.5. The van der Waals surface area contributed by atoms with Crippen LogP contribution in [0.15, 0.2) is 58.5 Å². The van der Waals surface area contributed by atoms with Crippen LogP contribution < -0.4 is 20.3 Å². The summed E-state index contributed by atoms with van der Waals surface area (Å²) >= 11 is 1.08. The minimum absolute atomic E-state index is 0.0176. The molecule has 0 saturated carbocycles. The highest BCUT2D eigenvalue weighted by Gasteiger charge is 2.15. The van der Waals surface area contributed by atoms with Gasteiger partial charge in [-0.25, -0.2) is 14.0 Å². The van der Waals surface area contributed by atoms with Crippen LogP contribution in [0.5, 0.6) is 11.5 Å². The van der Waals surface area contributed by atoms with E-state index >= 15 is 0 Å². The van der Waals surface area contributed by atoms with Crippen LogP contribution in [0.3, 0.4) is 0 Å². The Morgan fingerprint density at radius 1 is 1.16 bits per heavy atom. The lowest BCUT2D eigenvalue weighted by molar-refractivity contribution is -0.113. The molecule has 4 aromatic rings. The van der Waals surface area contributed by atoms with Gasteiger partial charge in [0.25, 0.3) is 5.56 Å². The van der Waals surface area contributed by atoms with E-state index in [9.17, 15) is 14.0 Å². The molecule has 0 saturated heterocycles. The highest BCUT2D eigenvalue weighted by atomic mass is 32.2. The molecule has 0 unspecified atom stereocenters. The summed E-state index contributed by atoms with van der Waals surface area (Å²) in [5.74, 6) is 0.279. The quantitative estimate of drug-likeness (QED) is 0.412. The molecule has 0 radical (unpaired) electrons. The van der Waals surface area contributed by atoms with Gasteiger partial charge in [0.2, 0.25) is 11.1 Å². The number of aromatic nitrogens is 4. The molecule has 11 heteroatoms. The van der Waals surface area contributed by atoms with Gasteiger partial charge < -0.3 is 14.8 Å². The summed E-state index contributed by atoms with van der Waals surface area (Å²) in [6.45, 7) is 0. The van der Waals surface area contributed by atoms with Crippen LogP contribution in [0.2, 0.25) is 0 Å². The molecule has 0 aliphatic carbocycles. The first-order valence-corrected chi connectivity index (χ1v) is 10.4. The number of nitrogens with one attached hydrogen (secondary N) is 2. The van der Waals surface area contributed by atoms with Crippen LogP contribution in [0.4, 0.5) is 10.1 Å². The number of methoxy groups -OCH3 is 2. The van der Waals surface area contributed by atoms with Crippen molar-refractivity contribution in [1.29, 1.82) is 0 Å². The molecule has 0 aliphatic heterocycles. The Morgan fingerprint density at radius 2 is 1.97 bits per heavy atom. The summed E-state index contributed by atoms with van der Waals surface area (Å²) in [7, 11) is 3.07. The van der Waals surface area contributed by atoms with Crippen molar-refractivity contribution in [2.45, 2.75) is 5.16 Å². The van der Waals surface area contributed by atoms with Crippen molar-refractivity contribution < 1.29 is 18.7 Å². The maximum atomic E-state index is 13.3. The molecule has 9 nitrogen and oxygen atoms in total. The predicted octanol–water partition coefficient (Wildman–Crippen LogP) is 2.97. The summed E-state index contributed by atoms with van der Waals surface area (Å²) in [4.78, 5) is 24.5. The van der Waals surface area contributed by atoms with Crippen molar-refractivity contribution in [1.82, 2.24) is 19.8 Å². The monoisotopic (exact) mass is 455 g/mol. The summed E-state index contributed by atoms with van der Waals surface area (Å²) in [5.41, 5.74) is 1.45. The number of ether oxygens (including phenoxy) is 2. The lowest BCUT2D eigenvalue weighted by atomic mass is 10.1. The average Bonchev–Trinajstić information content (AvgIpc) is 3.25. The fourth-order valence-electron chi connectivity index (χ4n) is 3.02. The van der Waals surface area contributed by atoms with E-state index in [1.165, 1.54) is 29.8 Å². The average molecular weight is 455 g/mol. The van der Waals surface area contributed by atoms with Gasteiger partial charge in [-0.05, 0) is 42.5 Å². The molecule has 32 heavy (non-hydrogen) atoms. The maximum Gasteiger partial charge on any atom is 0.290 e. The Morgan fingerprint density at radius 3 is 2.72 bits per heavy atom. The lowest BCUT2D eigenvalue weighted by Gasteiger charge is -2.08. The zero-order valence-corrected chi connectivity index (χ0v) is 17.9. The number of amides is 1. The summed E-state index contributed by atoms with van der Waals surface area (Å²) < 4.78 is 25.2. The van der Waals surface area contributed by atoms with E-state index in [1.54, 1.807) is 37.4 Å². The molecule has 2 heterocycles. The highest BCUT2D eigenvalue weighted by Crippen LogP contribution is 2.32. The van der Waals surface area contributed by atoms with Crippen LogP contribution in [-0.4, -0.2) is 45.7 Å². The van der Waals surface area contributed by atoms with Gasteiger partial charge in [-0.3, -0.25) is 9.59 Å². The standard InChI is InChI=1S/C21H18FN5O4S/c1-30-17-7-6-12(8-18(17)31-2)15-10-16-20(29)24-25-21(27(16)26-15)32-11-19(28)23-14-5-3-4-13(22)9-14/h3-10H,11H2,1-2H3,(H,23,28)(H,24,29). The van der Waals surface area contributed by atoms with Crippen molar-refractivity contribution in [2.24, 2.45) is 0 Å². The lowest BCUT2D eigenvalue weighted by Crippen LogP contribution is -2.17. The number of anilines is 1. The summed E-state index contributed by atoms with van der Waals surface area (Å²) in [6.07, 6.45) is 0. The van der Waals surface area contributed by atoms with E-state index in [4.69, 9.17) is 9.47 Å². The van der Waals surface area contributed by atoms with Crippen LogP contribution in [0.1, 0.15) is 0 Å². The van der Waals surface area contributed by atoms with Gasteiger partial charge in [0, 0.05) is 11.3 Å². The minimum Gasteiger partial charge on any atom is -0.493 e. The molecular formula is C21H18FN5O4S. The van der Waals surface area contributed by atoms with Crippen molar-refractivity contribution >= 4 is 28.9 Å². The van der Waals surface area contributed by atoms with E-state index < -0.39 is 11.4 Å². The number of thioether (sulfide) groups is 1. The number of hydrogen-bond donors (Lipinski definition) is 2. The van der Waals surface area contributed by atoms with Crippen molar-refractivity contribution in [2.75, 3.05) is 25.3 Å². The Kier molecular flexibility index (Phi) is 6.08. The molecule has 0 spiro atoms. The maximum absolute atomic E-state index is 13.3. The second-order valence-corrected chi connectivity index (χ2v) is 7.52. The Bertz CT molecular complexity index is 1350. The number of halogens is 1. The van der Waals surface area contributed by atoms with E-state index in [1.807, 2.05) is 0 Å². The van der Waals surface area contributed by atoms with Crippen molar-refractivity contribution in [3.05, 3.63) is 64.7 Å². The Balaban J connectivity index is 1.58. The van der Waals surface area contributed by atoms with Gasteiger partial charge in [-0.1, -0.05) is 17.8 Å². The normalized spacial score (nSPS) is 10.8. The molecule has 0 bridgehead atoms. The Labute approximate surface area is 185 Å². The number of hydrogen-bond acceptors (Lipinski definition) is 7. The van der Waals surface area contributed by atoms with Crippen molar-refractivity contribution in [3.63, 3.8) is 0 Å². The van der Waals surface area contributed by atoms with E-state index in [0.29, 0.717) is 33.6 Å². The zero-order chi connectivity index (χ0) is 22.7. The Hall–Kier alpha value is -3.86. The fourth-order valence-corrected chi connectivity index (χ4v) is 3.72. The zero-order valence-electron chi connectivity index (χ0n) is 17.1. The number of nitrogens with zero attached hydrogens (tertiary/aromatic N) is 3. The molecule has 0 atom stereocenters. The number of aromatic amines is 1. The molecule has 1 amide bonds. The van der Waals surface area contributed by atoms with E-state index in [-0.39, 0.29) is 17.2 Å². The first-order valence-electron chi connectivity index (χ1n) is 9.37. The van der Waals surface area contributed by atoms with Crippen molar-refractivity contribution in [3.8, 4) is 22.8 Å². The fraction of sp³-hybridized carbons (Fsp3) is 0.143. The smallest absolute Gasteiger partial charge is 0.290 e. The summed E-state index contributed by atoms with van der Waals surface area (Å²) in [5, 5.41) is 13.8. The highest BCUT2D eigenvalue weighted by molar-refractivity contribution is 7.99. The molecule has 2 aromatic carbocycles. The number of benzene rings is 2. The van der Waals surface area contributed by atoms with Gasteiger partial charge in [0.05, 0.1) is 25.7 Å². The predicted molar refractivity (Wildman–Crippen MR) is 118 cm³/mol. The SMILES string of the molecule is COc1ccc(-c2cc3c(=O)[nH]nc(SCC(=O)Nc4cccc(F)c4)n3n2)cc1OC. The van der Waals surface area contributed by atoms with E-state index in [2.05, 4.69) is 20.6 Å². The third-order valence-electron chi connectivity index (χ3n) is 4.50. The van der Waals surface area contributed by atoms with Gasteiger partial charge in [0.1, 0.15) is 11.3 Å². The van der Waals surface area contributed by atoms with Gasteiger partial charge in [-0.15, -0.1) is 5.10 Å². The van der Waals surface area contributed by atoms with Gasteiger partial charge in [-0.2, -0.15) is 5.10 Å². The number of H-pyrrole nitrogens is 1. The number of carbonyl (C=O) groups is 1. The molecule has 0 aliphatic rings. The minimum atomic E-state index is -0.446. The third kappa shape index (κ3) is 4.42.